The van der Waals surface area contributed by atoms with Crippen molar-refractivity contribution >= 4 is 19.8 Å². The number of carbonyl (C=O) groups is 2. The van der Waals surface area contributed by atoms with E-state index in [4.69, 9.17) is 18.5 Å². The van der Waals surface area contributed by atoms with Crippen molar-refractivity contribution in [2.45, 2.75) is 187 Å². The molecule has 2 atom stereocenters. The number of phosphoric ester groups is 1. The summed E-state index contributed by atoms with van der Waals surface area (Å²) in [6, 6.07) is 0. The van der Waals surface area contributed by atoms with Crippen molar-refractivity contribution in [2.24, 2.45) is 0 Å². The highest BCUT2D eigenvalue weighted by Crippen LogP contribution is 2.43. The fraction of sp³-hybridized carbons (Fsp3) is 0.621. The first-order valence-electron chi connectivity index (χ1n) is 26.3. The Morgan fingerprint density at radius 3 is 1.19 bits per heavy atom. The minimum absolute atomic E-state index is 0.0175. The van der Waals surface area contributed by atoms with Gasteiger partial charge in [0.1, 0.15) is 19.8 Å². The van der Waals surface area contributed by atoms with Crippen molar-refractivity contribution < 1.29 is 42.1 Å². The number of carbonyl (C=O) groups excluding carboxylic acids is 2. The van der Waals surface area contributed by atoms with Crippen molar-refractivity contribution in [3.05, 3.63) is 122 Å². The number of hydrogen-bond donors (Lipinski definition) is 1. The van der Waals surface area contributed by atoms with Crippen LogP contribution in [0.5, 0.6) is 0 Å². The van der Waals surface area contributed by atoms with Crippen molar-refractivity contribution in [2.75, 3.05) is 47.5 Å². The molecule has 0 aliphatic heterocycles. The SMILES string of the molecule is CC/C=C\C/C=C\C/C=C\C/C=C\C/C=C\CCCCCCCCCCCC(=O)OC(COC(=O)CCCCC/C=C\C/C=C\C/C=C\C/C=C\C/C=C\CC)COP(=O)(O)OCC[N+](C)(C)C. The van der Waals surface area contributed by atoms with E-state index < -0.39 is 32.5 Å². The lowest BCUT2D eigenvalue weighted by atomic mass is 10.1. The first kappa shape index (κ1) is 64.4. The van der Waals surface area contributed by atoms with E-state index in [1.807, 2.05) is 21.1 Å². The molecule has 9 nitrogen and oxygen atoms in total. The number of likely N-dealkylation sites (N-methyl/N-ethyl adjacent to an activating group) is 1. The lowest BCUT2D eigenvalue weighted by Gasteiger charge is -2.24. The van der Waals surface area contributed by atoms with E-state index in [1.165, 1.54) is 32.1 Å². The highest BCUT2D eigenvalue weighted by Gasteiger charge is 2.27. The van der Waals surface area contributed by atoms with Gasteiger partial charge >= 0.3 is 19.8 Å². The van der Waals surface area contributed by atoms with Crippen LogP contribution in [0, 0.1) is 0 Å². The van der Waals surface area contributed by atoms with Crippen LogP contribution >= 0.6 is 7.82 Å². The van der Waals surface area contributed by atoms with Crippen molar-refractivity contribution in [1.82, 2.24) is 0 Å². The van der Waals surface area contributed by atoms with Crippen LogP contribution in [0.15, 0.2) is 122 Å². The Bertz CT molecular complexity index is 1560. The molecule has 0 aliphatic carbocycles. The summed E-state index contributed by atoms with van der Waals surface area (Å²) in [4.78, 5) is 35.6. The van der Waals surface area contributed by atoms with Crippen LogP contribution in [0.1, 0.15) is 181 Å². The van der Waals surface area contributed by atoms with E-state index >= 15 is 0 Å². The van der Waals surface area contributed by atoms with Gasteiger partial charge in [-0.2, -0.15) is 0 Å². The predicted molar refractivity (Wildman–Crippen MR) is 288 cm³/mol. The van der Waals surface area contributed by atoms with Crippen LogP contribution in [0.3, 0.4) is 0 Å². The van der Waals surface area contributed by atoms with Gasteiger partial charge in [0.25, 0.3) is 0 Å². The molecule has 2 unspecified atom stereocenters. The summed E-state index contributed by atoms with van der Waals surface area (Å²) in [6.45, 7) is 4.13. The van der Waals surface area contributed by atoms with Gasteiger partial charge in [0.2, 0.25) is 0 Å². The third-order valence-corrected chi connectivity index (χ3v) is 11.5. The normalized spacial score (nSPS) is 14.4. The number of phosphoric acid groups is 1. The van der Waals surface area contributed by atoms with Gasteiger partial charge < -0.3 is 18.9 Å². The van der Waals surface area contributed by atoms with E-state index in [-0.39, 0.29) is 26.1 Å². The lowest BCUT2D eigenvalue weighted by molar-refractivity contribution is -0.870. The Morgan fingerprint density at radius 2 is 0.794 bits per heavy atom. The second kappa shape index (κ2) is 48.4. The number of ether oxygens (including phenoxy) is 2. The zero-order valence-corrected chi connectivity index (χ0v) is 44.4. The molecule has 0 aromatic carbocycles. The van der Waals surface area contributed by atoms with E-state index in [9.17, 15) is 19.0 Å². The molecule has 0 saturated heterocycles. The molecule has 0 aliphatic rings. The van der Waals surface area contributed by atoms with Gasteiger partial charge in [-0.15, -0.1) is 0 Å². The summed E-state index contributed by atoms with van der Waals surface area (Å²) in [5, 5.41) is 0. The minimum Gasteiger partial charge on any atom is -0.462 e. The number of allylic oxidation sites excluding steroid dienone is 20. The number of unbranched alkanes of at least 4 members (excludes halogenated alkanes) is 12. The fourth-order valence-corrected chi connectivity index (χ4v) is 7.22. The van der Waals surface area contributed by atoms with Crippen LogP contribution in [-0.2, 0) is 32.7 Å². The standard InChI is InChI=1S/C58H96NO8P/c1-6-8-10-12-14-16-18-20-22-24-26-27-28-29-30-31-33-35-37-39-41-43-45-47-49-51-58(61)67-56(55-66-68(62,63)65-53-52-59(3,4)5)54-64-57(60)50-48-46-44-42-40-38-36-34-32-25-23-21-19-17-15-13-11-9-7-2/h8-11,14-17,20-23,26-27,29-30,32,34,38,40,56H,6-7,12-13,18-19,24-25,28,31,33,35-37,39,41-55H2,1-5H3/p+1/b10-8-,11-9-,16-14-,17-15-,22-20-,23-21-,27-26-,30-29-,34-32-,40-38-. The Hall–Kier alpha value is -3.59. The zero-order chi connectivity index (χ0) is 49.9. The third-order valence-electron chi connectivity index (χ3n) is 10.5. The van der Waals surface area contributed by atoms with Gasteiger partial charge in [0, 0.05) is 12.8 Å². The number of nitrogens with zero attached hydrogens (tertiary/aromatic N) is 1. The van der Waals surface area contributed by atoms with Crippen LogP contribution in [0.4, 0.5) is 0 Å². The molecule has 0 rings (SSSR count). The highest BCUT2D eigenvalue weighted by atomic mass is 31.2. The predicted octanol–water partition coefficient (Wildman–Crippen LogP) is 16.0. The van der Waals surface area contributed by atoms with Gasteiger partial charge in [-0.05, 0) is 103 Å². The molecule has 386 valence electrons. The molecule has 0 spiro atoms. The third kappa shape index (κ3) is 51.8. The molecule has 0 heterocycles. The van der Waals surface area contributed by atoms with Crippen LogP contribution in [0.2, 0.25) is 0 Å². The maximum absolute atomic E-state index is 12.8. The average molecular weight is 967 g/mol. The molecule has 0 aromatic rings. The Balaban J connectivity index is 4.33. The van der Waals surface area contributed by atoms with Gasteiger partial charge in [-0.3, -0.25) is 18.6 Å². The second-order valence-electron chi connectivity index (χ2n) is 18.1. The van der Waals surface area contributed by atoms with E-state index in [2.05, 4.69) is 135 Å². The second-order valence-corrected chi connectivity index (χ2v) is 19.6. The van der Waals surface area contributed by atoms with E-state index in [0.717, 1.165) is 109 Å². The monoisotopic (exact) mass is 967 g/mol. The summed E-state index contributed by atoms with van der Waals surface area (Å²) in [7, 11) is 1.43. The van der Waals surface area contributed by atoms with E-state index in [0.29, 0.717) is 23.9 Å². The maximum Gasteiger partial charge on any atom is 0.472 e. The summed E-state index contributed by atoms with van der Waals surface area (Å²) < 4.78 is 34.4. The summed E-state index contributed by atoms with van der Waals surface area (Å²) in [5.41, 5.74) is 0. The average Bonchev–Trinajstić information content (AvgIpc) is 3.30. The Kier molecular flexibility index (Phi) is 45.9. The van der Waals surface area contributed by atoms with Gasteiger partial charge in [0.15, 0.2) is 6.10 Å². The lowest BCUT2D eigenvalue weighted by Crippen LogP contribution is -2.37. The van der Waals surface area contributed by atoms with Crippen molar-refractivity contribution in [3.8, 4) is 0 Å². The van der Waals surface area contributed by atoms with Gasteiger partial charge in [-0.1, -0.05) is 187 Å². The number of rotatable bonds is 46. The van der Waals surface area contributed by atoms with E-state index in [1.54, 1.807) is 0 Å². The molecule has 0 bridgehead atoms. The largest absolute Gasteiger partial charge is 0.472 e. The maximum atomic E-state index is 12.8. The molecule has 10 heteroatoms. The number of esters is 2. The molecule has 0 saturated carbocycles. The van der Waals surface area contributed by atoms with Crippen LogP contribution < -0.4 is 0 Å². The summed E-state index contributed by atoms with van der Waals surface area (Å²) in [6.07, 6.45) is 68.2. The number of hydrogen-bond acceptors (Lipinski definition) is 7. The van der Waals surface area contributed by atoms with Gasteiger partial charge in [-0.25, -0.2) is 4.57 Å². The molecule has 1 N–H and O–H groups in total. The van der Waals surface area contributed by atoms with Crippen molar-refractivity contribution in [1.29, 1.82) is 0 Å². The highest BCUT2D eigenvalue weighted by molar-refractivity contribution is 7.47. The van der Waals surface area contributed by atoms with Gasteiger partial charge in [0.05, 0.1) is 27.7 Å². The number of quaternary nitrogens is 1. The quantitative estimate of drug-likeness (QED) is 0.0211. The topological polar surface area (TPSA) is 108 Å². The summed E-state index contributed by atoms with van der Waals surface area (Å²) in [5.74, 6) is -0.853. The fourth-order valence-electron chi connectivity index (χ4n) is 6.48. The first-order chi connectivity index (χ1) is 33.0. The molecule has 0 aromatic heterocycles. The summed E-state index contributed by atoms with van der Waals surface area (Å²) >= 11 is 0. The molecular formula is C58H97NO8P+. The smallest absolute Gasteiger partial charge is 0.462 e. The molecular weight excluding hydrogens is 870 g/mol. The first-order valence-corrected chi connectivity index (χ1v) is 27.8. The molecule has 68 heavy (non-hydrogen) atoms. The molecule has 0 amide bonds. The van der Waals surface area contributed by atoms with Crippen LogP contribution in [-0.4, -0.2) is 74.9 Å². The molecule has 0 fully saturated rings. The minimum atomic E-state index is -4.40. The van der Waals surface area contributed by atoms with Crippen molar-refractivity contribution in [3.63, 3.8) is 0 Å². The zero-order valence-electron chi connectivity index (χ0n) is 43.5. The molecule has 0 radical (unpaired) electrons. The Morgan fingerprint density at radius 1 is 0.456 bits per heavy atom. The van der Waals surface area contributed by atoms with Crippen LogP contribution in [0.25, 0.3) is 0 Å². The Labute approximate surface area is 416 Å².